The van der Waals surface area contributed by atoms with Gasteiger partial charge in [-0.15, -0.1) is 0 Å². The largest absolute Gasteiger partial charge is 0.468 e. The molecule has 2 fully saturated rings. The molecule has 9 heteroatoms. The molecule has 0 saturated carbocycles. The first-order chi connectivity index (χ1) is 13.9. The third kappa shape index (κ3) is 4.35. The van der Waals surface area contributed by atoms with Gasteiger partial charge in [-0.1, -0.05) is 11.6 Å². The van der Waals surface area contributed by atoms with Crippen LogP contribution in [0.2, 0.25) is 5.02 Å². The molecule has 0 unspecified atom stereocenters. The van der Waals surface area contributed by atoms with E-state index >= 15 is 0 Å². The summed E-state index contributed by atoms with van der Waals surface area (Å²) in [6.45, 7) is 4.29. The Morgan fingerprint density at radius 2 is 1.76 bits per heavy atom. The number of furan rings is 1. The van der Waals surface area contributed by atoms with E-state index in [1.165, 1.54) is 22.5 Å². The maximum absolute atomic E-state index is 13.0. The van der Waals surface area contributed by atoms with E-state index in [-0.39, 0.29) is 21.4 Å². The number of benzene rings is 1. The first-order valence-corrected chi connectivity index (χ1v) is 11.6. The summed E-state index contributed by atoms with van der Waals surface area (Å²) in [4.78, 5) is 17.1. The SMILES string of the molecule is O=C(c1cc(S(=O)(=O)N2CCCC2)ccc1Cl)N1CCN(Cc2ccco2)CC1. The van der Waals surface area contributed by atoms with Gasteiger partial charge in [0.2, 0.25) is 10.0 Å². The lowest BCUT2D eigenvalue weighted by molar-refractivity contribution is 0.0620. The van der Waals surface area contributed by atoms with Crippen LogP contribution in [0.1, 0.15) is 29.0 Å². The number of rotatable bonds is 5. The van der Waals surface area contributed by atoms with Crippen LogP contribution in [0.15, 0.2) is 45.9 Å². The molecule has 0 atom stereocenters. The highest BCUT2D eigenvalue weighted by Crippen LogP contribution is 2.26. The average molecular weight is 438 g/mol. The van der Waals surface area contributed by atoms with Crippen LogP contribution >= 0.6 is 11.6 Å². The summed E-state index contributed by atoms with van der Waals surface area (Å²) in [7, 11) is -3.59. The van der Waals surface area contributed by atoms with Crippen molar-refractivity contribution in [3.8, 4) is 0 Å². The van der Waals surface area contributed by atoms with Crippen LogP contribution in [-0.2, 0) is 16.6 Å². The number of hydrogen-bond acceptors (Lipinski definition) is 5. The molecule has 0 N–H and O–H groups in total. The maximum Gasteiger partial charge on any atom is 0.255 e. The zero-order chi connectivity index (χ0) is 20.4. The Hall–Kier alpha value is -1.87. The van der Waals surface area contributed by atoms with Gasteiger partial charge in [0.15, 0.2) is 0 Å². The van der Waals surface area contributed by atoms with Crippen molar-refractivity contribution in [2.75, 3.05) is 39.3 Å². The number of carbonyl (C=O) groups is 1. The molecule has 0 spiro atoms. The minimum absolute atomic E-state index is 0.128. The first-order valence-electron chi connectivity index (χ1n) is 9.79. The van der Waals surface area contributed by atoms with Crippen LogP contribution in [0.4, 0.5) is 0 Å². The summed E-state index contributed by atoms with van der Waals surface area (Å²) >= 11 is 6.26. The molecule has 1 amide bonds. The Bertz CT molecular complexity index is 964. The zero-order valence-electron chi connectivity index (χ0n) is 16.1. The molecular weight excluding hydrogens is 414 g/mol. The van der Waals surface area contributed by atoms with Crippen LogP contribution in [0.25, 0.3) is 0 Å². The monoisotopic (exact) mass is 437 g/mol. The maximum atomic E-state index is 13.0. The van der Waals surface area contributed by atoms with Gasteiger partial charge in [0.05, 0.1) is 28.3 Å². The fourth-order valence-electron chi connectivity index (χ4n) is 3.81. The summed E-state index contributed by atoms with van der Waals surface area (Å²) in [5, 5.41) is 0.272. The summed E-state index contributed by atoms with van der Waals surface area (Å²) in [5.74, 6) is 0.666. The summed E-state index contributed by atoms with van der Waals surface area (Å²) < 4.78 is 32.5. The van der Waals surface area contributed by atoms with Gasteiger partial charge in [0.25, 0.3) is 5.91 Å². The van der Waals surface area contributed by atoms with Gasteiger partial charge in [-0.25, -0.2) is 8.42 Å². The number of halogens is 1. The predicted octanol–water partition coefficient (Wildman–Crippen LogP) is 2.68. The third-order valence-corrected chi connectivity index (χ3v) is 7.71. The fraction of sp³-hybridized carbons (Fsp3) is 0.450. The molecule has 0 aliphatic carbocycles. The minimum Gasteiger partial charge on any atom is -0.468 e. The Kier molecular flexibility index (Phi) is 5.96. The van der Waals surface area contributed by atoms with Gasteiger partial charge in [-0.2, -0.15) is 4.31 Å². The van der Waals surface area contributed by atoms with Crippen molar-refractivity contribution in [1.82, 2.24) is 14.1 Å². The molecule has 2 aliphatic rings. The Morgan fingerprint density at radius 3 is 2.41 bits per heavy atom. The van der Waals surface area contributed by atoms with E-state index in [9.17, 15) is 13.2 Å². The molecule has 2 aliphatic heterocycles. The van der Waals surface area contributed by atoms with Crippen LogP contribution in [0, 0.1) is 0 Å². The van der Waals surface area contributed by atoms with E-state index in [1.54, 1.807) is 11.2 Å². The van der Waals surface area contributed by atoms with Gasteiger partial charge < -0.3 is 9.32 Å². The Morgan fingerprint density at radius 1 is 1.03 bits per heavy atom. The van der Waals surface area contributed by atoms with Crippen molar-refractivity contribution >= 4 is 27.5 Å². The lowest BCUT2D eigenvalue weighted by atomic mass is 10.1. The molecule has 1 aromatic heterocycles. The van der Waals surface area contributed by atoms with Gasteiger partial charge in [-0.05, 0) is 43.2 Å². The van der Waals surface area contributed by atoms with E-state index in [4.69, 9.17) is 16.0 Å². The van der Waals surface area contributed by atoms with Crippen LogP contribution < -0.4 is 0 Å². The van der Waals surface area contributed by atoms with E-state index in [1.807, 2.05) is 12.1 Å². The lowest BCUT2D eigenvalue weighted by Gasteiger charge is -2.34. The average Bonchev–Trinajstić information content (AvgIpc) is 3.43. The third-order valence-electron chi connectivity index (χ3n) is 5.49. The number of piperazine rings is 1. The van der Waals surface area contributed by atoms with Gasteiger partial charge in [-0.3, -0.25) is 9.69 Å². The molecule has 3 heterocycles. The van der Waals surface area contributed by atoms with Crippen molar-refractivity contribution in [3.05, 3.63) is 52.9 Å². The molecule has 29 heavy (non-hydrogen) atoms. The molecule has 0 radical (unpaired) electrons. The van der Waals surface area contributed by atoms with Crippen molar-refractivity contribution in [1.29, 1.82) is 0 Å². The van der Waals surface area contributed by atoms with Gasteiger partial charge in [0, 0.05) is 39.3 Å². The van der Waals surface area contributed by atoms with E-state index in [0.717, 1.165) is 31.7 Å². The molecular formula is C20H24ClN3O4S. The van der Waals surface area contributed by atoms with E-state index < -0.39 is 10.0 Å². The van der Waals surface area contributed by atoms with Crippen LogP contribution in [0.5, 0.6) is 0 Å². The number of nitrogens with zero attached hydrogens (tertiary/aromatic N) is 3. The molecule has 2 saturated heterocycles. The highest BCUT2D eigenvalue weighted by Gasteiger charge is 2.30. The van der Waals surface area contributed by atoms with E-state index in [2.05, 4.69) is 4.90 Å². The number of carbonyl (C=O) groups excluding carboxylic acids is 1. The topological polar surface area (TPSA) is 74.1 Å². The quantitative estimate of drug-likeness (QED) is 0.719. The highest BCUT2D eigenvalue weighted by atomic mass is 35.5. The van der Waals surface area contributed by atoms with Crippen LogP contribution in [0.3, 0.4) is 0 Å². The summed E-state index contributed by atoms with van der Waals surface area (Å²) in [6.07, 6.45) is 3.38. The van der Waals surface area contributed by atoms with Gasteiger partial charge in [0.1, 0.15) is 5.76 Å². The lowest BCUT2D eigenvalue weighted by Crippen LogP contribution is -2.48. The first kappa shape index (κ1) is 20.4. The second-order valence-corrected chi connectivity index (χ2v) is 9.75. The summed E-state index contributed by atoms with van der Waals surface area (Å²) in [5.41, 5.74) is 0.242. The molecule has 1 aromatic carbocycles. The second-order valence-electron chi connectivity index (χ2n) is 7.40. The molecule has 0 bridgehead atoms. The van der Waals surface area contributed by atoms with Gasteiger partial charge >= 0.3 is 0 Å². The van der Waals surface area contributed by atoms with Crippen molar-refractivity contribution in [2.24, 2.45) is 0 Å². The number of sulfonamides is 1. The van der Waals surface area contributed by atoms with Crippen molar-refractivity contribution in [3.63, 3.8) is 0 Å². The normalized spacial score (nSPS) is 19.0. The predicted molar refractivity (Wildman–Crippen MR) is 109 cm³/mol. The van der Waals surface area contributed by atoms with Crippen molar-refractivity contribution in [2.45, 2.75) is 24.3 Å². The smallest absolute Gasteiger partial charge is 0.255 e. The minimum atomic E-state index is -3.59. The molecule has 7 nitrogen and oxygen atoms in total. The Labute approximate surface area is 175 Å². The highest BCUT2D eigenvalue weighted by molar-refractivity contribution is 7.89. The summed E-state index contributed by atoms with van der Waals surface area (Å²) in [6, 6.07) is 8.20. The second kappa shape index (κ2) is 8.47. The van der Waals surface area contributed by atoms with Crippen LogP contribution in [-0.4, -0.2) is 67.7 Å². The molecule has 156 valence electrons. The number of amides is 1. The van der Waals surface area contributed by atoms with E-state index in [0.29, 0.717) is 32.7 Å². The molecule has 4 rings (SSSR count). The number of hydrogen-bond donors (Lipinski definition) is 0. The van der Waals surface area contributed by atoms with Crippen molar-refractivity contribution < 1.29 is 17.6 Å². The Balaban J connectivity index is 1.46. The standard InChI is InChI=1S/C20H24ClN3O4S/c21-19-6-5-17(29(26,27)24-7-1-2-8-24)14-18(19)20(25)23-11-9-22(10-12-23)15-16-4-3-13-28-16/h3-6,13-14H,1-2,7-12,15H2. The fourth-order valence-corrected chi connectivity index (χ4v) is 5.55. The zero-order valence-corrected chi connectivity index (χ0v) is 17.7. The molecule has 2 aromatic rings.